The molecule has 0 amide bonds. The van der Waals surface area contributed by atoms with Crippen LogP contribution in [0.1, 0.15) is 32.8 Å². The molecule has 0 radical (unpaired) electrons. The Morgan fingerprint density at radius 3 is 2.65 bits per heavy atom. The molecule has 1 aromatic rings. The summed E-state index contributed by atoms with van der Waals surface area (Å²) in [6.45, 7) is 6.33. The highest BCUT2D eigenvalue weighted by molar-refractivity contribution is 7.84. The first kappa shape index (κ1) is 18.3. The maximum atomic E-state index is 12.0. The molecule has 2 aliphatic heterocycles. The molecule has 0 fully saturated rings. The third kappa shape index (κ3) is 3.17. The number of carbonyl (C=O) groups is 1. The number of nitrogens with zero attached hydrogens (tertiary/aromatic N) is 2. The summed E-state index contributed by atoms with van der Waals surface area (Å²) < 4.78 is 5.92. The highest BCUT2D eigenvalue weighted by Gasteiger charge is 2.37. The number of rotatable bonds is 5. The van der Waals surface area contributed by atoms with E-state index in [-0.39, 0.29) is 24.0 Å². The fourth-order valence-corrected chi connectivity index (χ4v) is 3.54. The molecule has 1 unspecified atom stereocenters. The summed E-state index contributed by atoms with van der Waals surface area (Å²) in [7, 11) is 0. The van der Waals surface area contributed by atoms with Crippen molar-refractivity contribution in [1.29, 1.82) is 0 Å². The van der Waals surface area contributed by atoms with Crippen LogP contribution in [0, 0.1) is 5.92 Å². The summed E-state index contributed by atoms with van der Waals surface area (Å²) in [4.78, 5) is 12.6. The van der Waals surface area contributed by atoms with Crippen LogP contribution >= 0.6 is 12.6 Å². The summed E-state index contributed by atoms with van der Waals surface area (Å²) in [6, 6.07) is 9.63. The van der Waals surface area contributed by atoms with Gasteiger partial charge in [0.1, 0.15) is 6.61 Å². The van der Waals surface area contributed by atoms with E-state index >= 15 is 0 Å². The van der Waals surface area contributed by atoms with Crippen molar-refractivity contribution in [1.82, 2.24) is 5.01 Å². The molecule has 0 aromatic heterocycles. The van der Waals surface area contributed by atoms with Crippen molar-refractivity contribution in [3.63, 3.8) is 0 Å². The Kier molecular flexibility index (Phi) is 5.23. The standard InChI is InChI=1S/C20H22N2O3S/c1-4-15-16-13(3)12(2)10-21-22(16)17(20(23)24)18(19(15)26)25-11-14-8-6-5-7-9-14/h5-10,12,26H,4,11H2,1-3H3,(H,23,24). The smallest absolute Gasteiger partial charge is 0.358 e. The fourth-order valence-electron chi connectivity index (χ4n) is 3.10. The van der Waals surface area contributed by atoms with Gasteiger partial charge in [0, 0.05) is 12.1 Å². The lowest BCUT2D eigenvalue weighted by molar-refractivity contribution is -0.134. The predicted octanol–water partition coefficient (Wildman–Crippen LogP) is 4.32. The molecule has 1 N–H and O–H groups in total. The number of hydrogen-bond acceptors (Lipinski definition) is 5. The predicted molar refractivity (Wildman–Crippen MR) is 104 cm³/mol. The first-order valence-corrected chi connectivity index (χ1v) is 9.02. The van der Waals surface area contributed by atoms with Gasteiger partial charge in [-0.2, -0.15) is 5.10 Å². The van der Waals surface area contributed by atoms with E-state index in [2.05, 4.69) is 17.7 Å². The minimum absolute atomic E-state index is 0.000584. The van der Waals surface area contributed by atoms with E-state index in [1.165, 1.54) is 5.01 Å². The average molecular weight is 370 g/mol. The topological polar surface area (TPSA) is 62.1 Å². The number of fused-ring (bicyclic) bond motifs is 1. The molecule has 0 saturated carbocycles. The molecule has 136 valence electrons. The summed E-state index contributed by atoms with van der Waals surface area (Å²) in [5.41, 5.74) is 3.79. The van der Waals surface area contributed by atoms with E-state index in [0.29, 0.717) is 11.3 Å². The Balaban J connectivity index is 2.09. The highest BCUT2D eigenvalue weighted by atomic mass is 32.1. The van der Waals surface area contributed by atoms with Crippen LogP contribution < -0.4 is 0 Å². The zero-order chi connectivity index (χ0) is 18.8. The molecule has 1 atom stereocenters. The number of aliphatic carboxylic acids is 1. The largest absolute Gasteiger partial charge is 0.485 e. The van der Waals surface area contributed by atoms with Crippen molar-refractivity contribution in [2.75, 3.05) is 0 Å². The second-order valence-electron chi connectivity index (χ2n) is 6.33. The van der Waals surface area contributed by atoms with Gasteiger partial charge in [0.05, 0.1) is 10.6 Å². The van der Waals surface area contributed by atoms with Crippen LogP contribution in [0.25, 0.3) is 0 Å². The Morgan fingerprint density at radius 2 is 2.04 bits per heavy atom. The van der Waals surface area contributed by atoms with Crippen LogP contribution in [-0.2, 0) is 16.1 Å². The van der Waals surface area contributed by atoms with Gasteiger partial charge < -0.3 is 9.84 Å². The van der Waals surface area contributed by atoms with E-state index in [4.69, 9.17) is 4.74 Å². The average Bonchev–Trinajstić information content (AvgIpc) is 2.63. The van der Waals surface area contributed by atoms with Crippen LogP contribution in [0.5, 0.6) is 0 Å². The minimum Gasteiger partial charge on any atom is -0.485 e. The van der Waals surface area contributed by atoms with Gasteiger partial charge >= 0.3 is 5.97 Å². The lowest BCUT2D eigenvalue weighted by Gasteiger charge is -2.36. The van der Waals surface area contributed by atoms with Gasteiger partial charge in [-0.05, 0) is 30.1 Å². The van der Waals surface area contributed by atoms with E-state index in [1.54, 1.807) is 6.21 Å². The third-order valence-corrected chi connectivity index (χ3v) is 5.14. The Labute approximate surface area is 158 Å². The van der Waals surface area contributed by atoms with Crippen LogP contribution in [0.2, 0.25) is 0 Å². The first-order chi connectivity index (χ1) is 12.5. The number of carboxylic acid groups (broad SMARTS) is 1. The Bertz CT molecular complexity index is 853. The van der Waals surface area contributed by atoms with Crippen LogP contribution in [0.15, 0.2) is 68.6 Å². The molecule has 5 nitrogen and oxygen atoms in total. The van der Waals surface area contributed by atoms with Gasteiger partial charge in [0.15, 0.2) is 11.5 Å². The number of benzene rings is 1. The van der Waals surface area contributed by atoms with Crippen molar-refractivity contribution in [3.05, 3.63) is 69.1 Å². The van der Waals surface area contributed by atoms with Gasteiger partial charge in [-0.3, -0.25) is 0 Å². The van der Waals surface area contributed by atoms with E-state index in [0.717, 1.165) is 22.4 Å². The number of hydrogen-bond donors (Lipinski definition) is 2. The lowest BCUT2D eigenvalue weighted by atomic mass is 9.92. The Morgan fingerprint density at radius 1 is 1.35 bits per heavy atom. The monoisotopic (exact) mass is 370 g/mol. The van der Waals surface area contributed by atoms with Crippen molar-refractivity contribution in [2.24, 2.45) is 11.0 Å². The number of hydrazone groups is 1. The van der Waals surface area contributed by atoms with Crippen LogP contribution in [0.3, 0.4) is 0 Å². The van der Waals surface area contributed by atoms with Gasteiger partial charge in [0.2, 0.25) is 0 Å². The quantitative estimate of drug-likeness (QED) is 0.758. The zero-order valence-corrected chi connectivity index (χ0v) is 16.0. The van der Waals surface area contributed by atoms with Crippen molar-refractivity contribution < 1.29 is 14.6 Å². The lowest BCUT2D eigenvalue weighted by Crippen LogP contribution is -2.33. The van der Waals surface area contributed by atoms with Crippen molar-refractivity contribution in [3.8, 4) is 0 Å². The van der Waals surface area contributed by atoms with Gasteiger partial charge in [0.25, 0.3) is 0 Å². The number of carboxylic acids is 1. The third-order valence-electron chi connectivity index (χ3n) is 4.67. The molecular formula is C20H22N2O3S. The zero-order valence-electron chi connectivity index (χ0n) is 15.1. The van der Waals surface area contributed by atoms with Gasteiger partial charge in [-0.15, -0.1) is 12.6 Å². The van der Waals surface area contributed by atoms with E-state index in [1.807, 2.05) is 51.1 Å². The molecule has 0 saturated heterocycles. The molecule has 0 bridgehead atoms. The molecule has 2 heterocycles. The Hall–Kier alpha value is -2.47. The first-order valence-electron chi connectivity index (χ1n) is 8.57. The highest BCUT2D eigenvalue weighted by Crippen LogP contribution is 2.42. The van der Waals surface area contributed by atoms with Gasteiger partial charge in [-0.1, -0.05) is 44.2 Å². The molecular weight excluding hydrogens is 348 g/mol. The number of ether oxygens (including phenoxy) is 1. The van der Waals surface area contributed by atoms with E-state index in [9.17, 15) is 9.90 Å². The molecule has 1 aromatic carbocycles. The molecule has 0 aliphatic carbocycles. The molecule has 26 heavy (non-hydrogen) atoms. The summed E-state index contributed by atoms with van der Waals surface area (Å²) >= 11 is 4.64. The summed E-state index contributed by atoms with van der Waals surface area (Å²) in [5, 5.41) is 15.7. The second kappa shape index (κ2) is 7.41. The van der Waals surface area contributed by atoms with E-state index < -0.39 is 5.97 Å². The normalized spacial score (nSPS) is 19.8. The maximum absolute atomic E-state index is 12.0. The summed E-state index contributed by atoms with van der Waals surface area (Å²) in [6.07, 6.45) is 2.46. The second-order valence-corrected chi connectivity index (χ2v) is 6.78. The maximum Gasteiger partial charge on any atom is 0.358 e. The molecule has 6 heteroatoms. The summed E-state index contributed by atoms with van der Waals surface area (Å²) in [5.74, 6) is -0.692. The molecule has 3 rings (SSSR count). The number of allylic oxidation sites excluding steroid dienone is 2. The fraction of sp³-hybridized carbons (Fsp3) is 0.300. The van der Waals surface area contributed by atoms with Crippen molar-refractivity contribution >= 4 is 24.8 Å². The molecule has 2 aliphatic rings. The minimum atomic E-state index is -1.09. The van der Waals surface area contributed by atoms with Gasteiger partial charge in [-0.25, -0.2) is 9.80 Å². The van der Waals surface area contributed by atoms with Crippen LogP contribution in [-0.4, -0.2) is 22.3 Å². The number of thiol groups is 1. The SMILES string of the molecule is CCC1=C(S)C(OCc2ccccc2)=C(C(=O)O)N2N=CC(C)C(C)=C12. The van der Waals surface area contributed by atoms with Crippen LogP contribution in [0.4, 0.5) is 0 Å². The molecule has 0 spiro atoms. The van der Waals surface area contributed by atoms with Crippen molar-refractivity contribution in [2.45, 2.75) is 33.8 Å².